The summed E-state index contributed by atoms with van der Waals surface area (Å²) < 4.78 is 18.3. The van der Waals surface area contributed by atoms with Crippen molar-refractivity contribution in [1.29, 1.82) is 0 Å². The van der Waals surface area contributed by atoms with Crippen LogP contribution in [-0.4, -0.2) is 46.1 Å². The van der Waals surface area contributed by atoms with E-state index in [1.54, 1.807) is 7.11 Å². The van der Waals surface area contributed by atoms with E-state index in [9.17, 15) is 5.11 Å². The predicted octanol–water partition coefficient (Wildman–Crippen LogP) is 4.74. The van der Waals surface area contributed by atoms with Crippen LogP contribution in [0.3, 0.4) is 0 Å². The molecule has 156 valence electrons. The van der Waals surface area contributed by atoms with Crippen LogP contribution >= 0.6 is 0 Å². The lowest BCUT2D eigenvalue weighted by atomic mass is 9.68. The molecule has 6 atom stereocenters. The van der Waals surface area contributed by atoms with Crippen molar-refractivity contribution in [1.82, 2.24) is 0 Å². The fraction of sp³-hybridized carbons (Fsp3) is 0.909. The number of allylic oxidation sites excluding steroid dienone is 1. The monoisotopic (exact) mass is 396 g/mol. The quantitative estimate of drug-likeness (QED) is 0.383. The first-order chi connectivity index (χ1) is 12.5. The second-order valence-electron chi connectivity index (χ2n) is 10.8. The highest BCUT2D eigenvalue weighted by Gasteiger charge is 2.55. The van der Waals surface area contributed by atoms with Gasteiger partial charge in [-0.05, 0) is 67.1 Å². The van der Waals surface area contributed by atoms with E-state index in [2.05, 4.69) is 46.9 Å². The Hall–Kier alpha value is -0.203. The maximum absolute atomic E-state index is 9.64. The van der Waals surface area contributed by atoms with E-state index in [0.29, 0.717) is 31.2 Å². The number of hydrogen-bond acceptors (Lipinski definition) is 4. The van der Waals surface area contributed by atoms with Gasteiger partial charge < -0.3 is 19.0 Å². The normalized spacial score (nSPS) is 39.3. The summed E-state index contributed by atoms with van der Waals surface area (Å²) in [5.74, 6) is 1.51. The molecule has 3 rings (SSSR count). The van der Waals surface area contributed by atoms with Gasteiger partial charge in [-0.25, -0.2) is 0 Å². The fourth-order valence-corrected chi connectivity index (χ4v) is 6.21. The molecule has 0 saturated heterocycles. The lowest BCUT2D eigenvalue weighted by Gasteiger charge is -2.47. The van der Waals surface area contributed by atoms with E-state index in [0.717, 1.165) is 19.3 Å². The highest BCUT2D eigenvalue weighted by Crippen LogP contribution is 2.58. The van der Waals surface area contributed by atoms with Crippen molar-refractivity contribution in [3.05, 3.63) is 11.6 Å². The molecule has 2 saturated carbocycles. The van der Waals surface area contributed by atoms with E-state index in [-0.39, 0.29) is 22.7 Å². The Kier molecular flexibility index (Phi) is 6.02. The zero-order valence-corrected chi connectivity index (χ0v) is 19.4. The predicted molar refractivity (Wildman–Crippen MR) is 111 cm³/mol. The molecule has 0 amide bonds. The molecule has 5 heteroatoms. The third kappa shape index (κ3) is 4.09. The number of methoxy groups -OCH3 is 1. The summed E-state index contributed by atoms with van der Waals surface area (Å²) in [4.78, 5) is 0. The minimum absolute atomic E-state index is 0.110. The lowest BCUT2D eigenvalue weighted by Crippen LogP contribution is -2.49. The van der Waals surface area contributed by atoms with Crippen LogP contribution in [-0.2, 0) is 13.9 Å². The first kappa shape index (κ1) is 21.5. The minimum Gasteiger partial charge on any atom is -0.410 e. The molecule has 2 fully saturated rings. The van der Waals surface area contributed by atoms with Gasteiger partial charge in [-0.3, -0.25) is 0 Å². The molecule has 0 aromatic rings. The zero-order valence-electron chi connectivity index (χ0n) is 18.4. The minimum atomic E-state index is -1.88. The second kappa shape index (κ2) is 7.56. The maximum atomic E-state index is 9.64. The van der Waals surface area contributed by atoms with Crippen LogP contribution in [0.4, 0.5) is 0 Å². The second-order valence-corrected chi connectivity index (χ2v) is 15.5. The van der Waals surface area contributed by atoms with Crippen LogP contribution in [0.25, 0.3) is 0 Å². The molecule has 0 heterocycles. The number of aliphatic hydroxyl groups excluding tert-OH is 1. The third-order valence-corrected chi connectivity index (χ3v) is 12.4. The van der Waals surface area contributed by atoms with Crippen molar-refractivity contribution in [2.75, 3.05) is 20.5 Å². The Morgan fingerprint density at radius 3 is 2.52 bits per heavy atom. The highest BCUT2D eigenvalue weighted by atomic mass is 28.4. The molecule has 27 heavy (non-hydrogen) atoms. The number of rotatable bonds is 7. The summed E-state index contributed by atoms with van der Waals surface area (Å²) >= 11 is 0. The summed E-state index contributed by atoms with van der Waals surface area (Å²) in [5.41, 5.74) is 1.59. The van der Waals surface area contributed by atoms with Crippen LogP contribution in [0.15, 0.2) is 11.6 Å². The summed E-state index contributed by atoms with van der Waals surface area (Å²) in [6.45, 7) is 14.7. The van der Waals surface area contributed by atoms with Crippen molar-refractivity contribution in [2.24, 2.45) is 23.2 Å². The van der Waals surface area contributed by atoms with Gasteiger partial charge in [0.1, 0.15) is 6.79 Å². The average molecular weight is 397 g/mol. The van der Waals surface area contributed by atoms with Crippen LogP contribution < -0.4 is 0 Å². The van der Waals surface area contributed by atoms with E-state index in [4.69, 9.17) is 13.9 Å². The van der Waals surface area contributed by atoms with E-state index in [1.165, 1.54) is 12.0 Å². The molecule has 0 aliphatic heterocycles. The average Bonchev–Trinajstić information content (AvgIpc) is 3.27. The molecule has 0 spiro atoms. The molecule has 1 N–H and O–H groups in total. The number of aliphatic hydroxyl groups is 1. The van der Waals surface area contributed by atoms with Gasteiger partial charge in [0.25, 0.3) is 0 Å². The van der Waals surface area contributed by atoms with Crippen molar-refractivity contribution in [3.8, 4) is 0 Å². The molecule has 0 radical (unpaired) electrons. The Balaban J connectivity index is 1.86. The van der Waals surface area contributed by atoms with E-state index in [1.807, 2.05) is 0 Å². The van der Waals surface area contributed by atoms with Gasteiger partial charge >= 0.3 is 0 Å². The SMILES string of the molecule is COCO[C@H]1CC[C@@H]2C=C([C@H]3C[C@H]3CO)[C@H](O[Si](C)(C)C(C)(C)C)C[C@]12C. The van der Waals surface area contributed by atoms with Gasteiger partial charge in [0.2, 0.25) is 0 Å². The first-order valence-corrected chi connectivity index (χ1v) is 13.5. The summed E-state index contributed by atoms with van der Waals surface area (Å²) in [6.07, 6.45) is 7.34. The molecule has 0 aromatic heterocycles. The topological polar surface area (TPSA) is 47.9 Å². The van der Waals surface area contributed by atoms with Crippen LogP contribution in [0.1, 0.15) is 53.4 Å². The summed E-state index contributed by atoms with van der Waals surface area (Å²) in [6, 6.07) is 0. The third-order valence-electron chi connectivity index (χ3n) is 7.93. The number of fused-ring (bicyclic) bond motifs is 1. The molecule has 4 nitrogen and oxygen atoms in total. The standard InChI is InChI=1S/C22H40O4Si/c1-21(2,3)27(6,7)26-19-12-22(4)16(8-9-20(22)25-14-24-5)11-18(19)17-10-15(17)13-23/h11,15-17,19-20,23H,8-10,12-14H2,1-7H3/t15-,16+,17-,19+,20-,22-/m0/s1. The van der Waals surface area contributed by atoms with Crippen molar-refractivity contribution >= 4 is 8.32 Å². The van der Waals surface area contributed by atoms with Crippen molar-refractivity contribution in [3.63, 3.8) is 0 Å². The van der Waals surface area contributed by atoms with Crippen LogP contribution in [0, 0.1) is 23.2 Å². The van der Waals surface area contributed by atoms with Gasteiger partial charge in [-0.1, -0.05) is 33.8 Å². The smallest absolute Gasteiger partial charge is 0.192 e. The van der Waals surface area contributed by atoms with Gasteiger partial charge in [-0.2, -0.15) is 0 Å². The lowest BCUT2D eigenvalue weighted by molar-refractivity contribution is -0.116. The largest absolute Gasteiger partial charge is 0.410 e. The van der Waals surface area contributed by atoms with Crippen molar-refractivity contribution in [2.45, 2.75) is 83.7 Å². The maximum Gasteiger partial charge on any atom is 0.192 e. The molecule has 0 unspecified atom stereocenters. The van der Waals surface area contributed by atoms with Gasteiger partial charge in [-0.15, -0.1) is 0 Å². The Morgan fingerprint density at radius 1 is 1.26 bits per heavy atom. The van der Waals surface area contributed by atoms with Gasteiger partial charge in [0, 0.05) is 19.1 Å². The molecular weight excluding hydrogens is 356 g/mol. The van der Waals surface area contributed by atoms with Gasteiger partial charge in [0.15, 0.2) is 8.32 Å². The Morgan fingerprint density at radius 2 is 1.96 bits per heavy atom. The molecule has 0 bridgehead atoms. The summed E-state index contributed by atoms with van der Waals surface area (Å²) in [5, 5.41) is 9.83. The van der Waals surface area contributed by atoms with Gasteiger partial charge in [0.05, 0.1) is 12.2 Å². The van der Waals surface area contributed by atoms with E-state index >= 15 is 0 Å². The van der Waals surface area contributed by atoms with Crippen LogP contribution in [0.2, 0.25) is 18.1 Å². The number of ether oxygens (including phenoxy) is 2. The molecule has 3 aliphatic rings. The molecule has 3 aliphatic carbocycles. The zero-order chi connectivity index (χ0) is 20.0. The molecule has 0 aromatic carbocycles. The van der Waals surface area contributed by atoms with E-state index < -0.39 is 8.32 Å². The van der Waals surface area contributed by atoms with Crippen LogP contribution in [0.5, 0.6) is 0 Å². The number of hydrogen-bond donors (Lipinski definition) is 1. The van der Waals surface area contributed by atoms with Crippen molar-refractivity contribution < 1.29 is 19.0 Å². The highest BCUT2D eigenvalue weighted by molar-refractivity contribution is 6.74. The Bertz CT molecular complexity index is 567. The fourth-order valence-electron chi connectivity index (χ4n) is 4.93. The summed E-state index contributed by atoms with van der Waals surface area (Å²) in [7, 11) is -0.184. The first-order valence-electron chi connectivity index (χ1n) is 10.6. The molecular formula is C22H40O4Si. The Labute approximate surface area is 166 Å².